The lowest BCUT2D eigenvalue weighted by Crippen LogP contribution is -2.49. The van der Waals surface area contributed by atoms with Crippen LogP contribution in [0, 0.1) is 0 Å². The smallest absolute Gasteiger partial charge is 0.264 e. The Hall–Kier alpha value is -2.38. The molecule has 1 aliphatic rings. The zero-order valence-electron chi connectivity index (χ0n) is 20.5. The number of halogens is 1. The number of hydrogen-bond donors (Lipinski definition) is 0. The van der Waals surface area contributed by atoms with Gasteiger partial charge >= 0.3 is 0 Å². The number of rotatable bonds is 9. The number of thiophene rings is 1. The van der Waals surface area contributed by atoms with Gasteiger partial charge in [-0.1, -0.05) is 53.4 Å². The molecule has 186 valence electrons. The van der Waals surface area contributed by atoms with Crippen LogP contribution in [0.2, 0.25) is 0 Å². The van der Waals surface area contributed by atoms with Crippen molar-refractivity contribution in [1.29, 1.82) is 0 Å². The van der Waals surface area contributed by atoms with Gasteiger partial charge in [-0.15, -0.1) is 11.3 Å². The molecule has 0 spiro atoms. The molecule has 1 saturated carbocycles. The fourth-order valence-corrected chi connectivity index (χ4v) is 5.73. The molecule has 1 fully saturated rings. The number of nitrogens with zero attached hydrogens (tertiary/aromatic N) is 3. The number of benzene rings is 1. The number of amides is 2. The lowest BCUT2D eigenvalue weighted by molar-refractivity contribution is -0.136. The molecule has 4 rings (SSSR count). The Morgan fingerprint density at radius 1 is 1.06 bits per heavy atom. The summed E-state index contributed by atoms with van der Waals surface area (Å²) >= 11 is 4.93. The molecule has 0 N–H and O–H groups in total. The van der Waals surface area contributed by atoms with Crippen molar-refractivity contribution in [3.05, 3.63) is 80.7 Å². The van der Waals surface area contributed by atoms with Crippen LogP contribution in [0.15, 0.2) is 64.6 Å². The second-order valence-electron chi connectivity index (χ2n) is 9.57. The first-order valence-electron chi connectivity index (χ1n) is 12.4. The van der Waals surface area contributed by atoms with E-state index in [1.807, 2.05) is 36.3 Å². The van der Waals surface area contributed by atoms with Crippen LogP contribution in [0.3, 0.4) is 0 Å². The molecule has 5 nitrogen and oxygen atoms in total. The molecular formula is C28H34BrN3O2S. The third kappa shape index (κ3) is 6.64. The minimum Gasteiger partial charge on any atom is -0.345 e. The van der Waals surface area contributed by atoms with Gasteiger partial charge in [0.15, 0.2) is 0 Å². The largest absolute Gasteiger partial charge is 0.345 e. The summed E-state index contributed by atoms with van der Waals surface area (Å²) in [5.74, 6) is -0.0301. The topological polar surface area (TPSA) is 45.6 Å². The fourth-order valence-electron chi connectivity index (χ4n) is 4.79. The van der Waals surface area contributed by atoms with Crippen LogP contribution in [0.4, 0.5) is 0 Å². The van der Waals surface area contributed by atoms with Crippen molar-refractivity contribution >= 4 is 39.1 Å². The van der Waals surface area contributed by atoms with Gasteiger partial charge in [-0.25, -0.2) is 0 Å². The summed E-state index contributed by atoms with van der Waals surface area (Å²) in [5.41, 5.74) is 2.33. The van der Waals surface area contributed by atoms with Gasteiger partial charge in [0.25, 0.3) is 5.91 Å². The van der Waals surface area contributed by atoms with Gasteiger partial charge in [-0.05, 0) is 68.0 Å². The van der Waals surface area contributed by atoms with E-state index in [1.54, 1.807) is 4.90 Å². The molecule has 0 unspecified atom stereocenters. The van der Waals surface area contributed by atoms with Crippen molar-refractivity contribution in [2.75, 3.05) is 6.54 Å². The second-order valence-corrected chi connectivity index (χ2v) is 11.4. The molecule has 1 aromatic carbocycles. The normalized spacial score (nSPS) is 14.3. The lowest BCUT2D eigenvalue weighted by Gasteiger charge is -2.37. The number of aromatic nitrogens is 1. The highest BCUT2D eigenvalue weighted by molar-refractivity contribution is 9.10. The maximum Gasteiger partial charge on any atom is 0.264 e. The molecule has 7 heteroatoms. The van der Waals surface area contributed by atoms with Crippen molar-refractivity contribution in [2.45, 2.75) is 71.1 Å². The zero-order valence-corrected chi connectivity index (χ0v) is 22.9. The third-order valence-electron chi connectivity index (χ3n) is 6.78. The van der Waals surface area contributed by atoms with E-state index in [4.69, 9.17) is 0 Å². The van der Waals surface area contributed by atoms with Gasteiger partial charge in [0.2, 0.25) is 5.91 Å². The zero-order chi connectivity index (χ0) is 24.8. The minimum atomic E-state index is -0.0643. The van der Waals surface area contributed by atoms with E-state index in [9.17, 15) is 9.59 Å². The predicted octanol–water partition coefficient (Wildman–Crippen LogP) is 6.57. The van der Waals surface area contributed by atoms with Crippen molar-refractivity contribution in [3.63, 3.8) is 0 Å². The van der Waals surface area contributed by atoms with E-state index >= 15 is 0 Å². The molecule has 0 aliphatic heterocycles. The van der Waals surface area contributed by atoms with Crippen LogP contribution in [0.5, 0.6) is 0 Å². The highest BCUT2D eigenvalue weighted by Crippen LogP contribution is 2.25. The number of carbonyl (C=O) groups is 2. The van der Waals surface area contributed by atoms with Crippen molar-refractivity contribution in [1.82, 2.24) is 14.4 Å². The van der Waals surface area contributed by atoms with E-state index in [1.165, 1.54) is 23.3 Å². The van der Waals surface area contributed by atoms with Crippen molar-refractivity contribution in [2.24, 2.45) is 0 Å². The Balaban J connectivity index is 1.54. The van der Waals surface area contributed by atoms with E-state index in [2.05, 4.69) is 63.1 Å². The summed E-state index contributed by atoms with van der Waals surface area (Å²) in [6.45, 7) is 5.39. The molecule has 0 radical (unpaired) electrons. The maximum atomic E-state index is 13.8. The van der Waals surface area contributed by atoms with E-state index in [0.717, 1.165) is 42.4 Å². The van der Waals surface area contributed by atoms with E-state index in [-0.39, 0.29) is 30.4 Å². The summed E-state index contributed by atoms with van der Waals surface area (Å²) in [5, 5.41) is 1.90. The Bertz CT molecular complexity index is 1100. The summed E-state index contributed by atoms with van der Waals surface area (Å²) in [7, 11) is 0. The molecule has 3 aromatic rings. The highest BCUT2D eigenvalue weighted by Gasteiger charge is 2.30. The first kappa shape index (κ1) is 25.7. The first-order chi connectivity index (χ1) is 16.9. The highest BCUT2D eigenvalue weighted by atomic mass is 79.9. The van der Waals surface area contributed by atoms with Crippen LogP contribution < -0.4 is 0 Å². The van der Waals surface area contributed by atoms with Gasteiger partial charge in [-0.3, -0.25) is 9.59 Å². The van der Waals surface area contributed by atoms with Crippen LogP contribution >= 0.6 is 27.3 Å². The summed E-state index contributed by atoms with van der Waals surface area (Å²) in [4.78, 5) is 31.4. The molecule has 2 heterocycles. The maximum absolute atomic E-state index is 13.8. The molecule has 0 atom stereocenters. The Morgan fingerprint density at radius 3 is 2.46 bits per heavy atom. The monoisotopic (exact) mass is 555 g/mol. The van der Waals surface area contributed by atoms with Crippen LogP contribution in [0.1, 0.15) is 66.9 Å². The average molecular weight is 557 g/mol. The molecule has 35 heavy (non-hydrogen) atoms. The van der Waals surface area contributed by atoms with Gasteiger partial charge in [0.1, 0.15) is 6.54 Å². The number of carbonyl (C=O) groups excluding carboxylic acids is 2. The molecular weight excluding hydrogens is 522 g/mol. The average Bonchev–Trinajstić information content (AvgIpc) is 3.55. The van der Waals surface area contributed by atoms with Crippen LogP contribution in [-0.4, -0.2) is 44.8 Å². The Morgan fingerprint density at radius 2 is 1.80 bits per heavy atom. The quantitative estimate of drug-likeness (QED) is 0.299. The van der Waals surface area contributed by atoms with Crippen molar-refractivity contribution in [3.8, 4) is 0 Å². The van der Waals surface area contributed by atoms with Gasteiger partial charge in [0.05, 0.1) is 11.4 Å². The molecule has 2 amide bonds. The SMILES string of the molecule is CC(C)N(CC(=O)N(Cc1cccn1Cc1ccc(Br)cc1)C1CCCCC1)C(=O)c1cccs1. The number of hydrogen-bond acceptors (Lipinski definition) is 3. The van der Waals surface area contributed by atoms with E-state index < -0.39 is 0 Å². The Labute approximate surface area is 220 Å². The molecule has 2 aromatic heterocycles. The van der Waals surface area contributed by atoms with Crippen molar-refractivity contribution < 1.29 is 9.59 Å². The third-order valence-corrected chi connectivity index (χ3v) is 8.17. The lowest BCUT2D eigenvalue weighted by atomic mass is 9.94. The molecule has 1 aliphatic carbocycles. The first-order valence-corrected chi connectivity index (χ1v) is 14.1. The van der Waals surface area contributed by atoms with Gasteiger partial charge < -0.3 is 14.4 Å². The fraction of sp³-hybridized carbons (Fsp3) is 0.429. The standard InChI is InChI=1S/C28H34BrN3O2S/c1-21(2)31(28(34)26-11-7-17-35-26)20-27(33)32(24-8-4-3-5-9-24)19-25-10-6-16-30(25)18-22-12-14-23(29)15-13-22/h6-7,10-17,21,24H,3-5,8-9,18-20H2,1-2H3. The van der Waals surface area contributed by atoms with Gasteiger partial charge in [0, 0.05) is 35.0 Å². The summed E-state index contributed by atoms with van der Waals surface area (Å²) < 4.78 is 3.29. The van der Waals surface area contributed by atoms with Gasteiger partial charge in [-0.2, -0.15) is 0 Å². The van der Waals surface area contributed by atoms with Crippen LogP contribution in [0.25, 0.3) is 0 Å². The molecule has 0 saturated heterocycles. The van der Waals surface area contributed by atoms with E-state index in [0.29, 0.717) is 11.4 Å². The minimum absolute atomic E-state index is 0.0342. The predicted molar refractivity (Wildman–Crippen MR) is 146 cm³/mol. The second kappa shape index (κ2) is 12.0. The molecule has 0 bridgehead atoms. The van der Waals surface area contributed by atoms with Crippen LogP contribution in [-0.2, 0) is 17.9 Å². The summed E-state index contributed by atoms with van der Waals surface area (Å²) in [6, 6.07) is 16.4. The Kier molecular flexibility index (Phi) is 8.84. The summed E-state index contributed by atoms with van der Waals surface area (Å²) in [6.07, 6.45) is 7.67.